The third kappa shape index (κ3) is 1.87. The first-order chi connectivity index (χ1) is 7.74. The van der Waals surface area contributed by atoms with E-state index in [1.54, 1.807) is 19.3 Å². The molecule has 0 aromatic carbocycles. The highest BCUT2D eigenvalue weighted by Crippen LogP contribution is 2.25. The number of amides is 1. The third-order valence-corrected chi connectivity index (χ3v) is 3.22. The summed E-state index contributed by atoms with van der Waals surface area (Å²) in [6.45, 7) is 0. The maximum atomic E-state index is 12.2. The van der Waals surface area contributed by atoms with E-state index in [4.69, 9.17) is 0 Å². The second-order valence-corrected chi connectivity index (χ2v) is 4.15. The molecule has 1 N–H and O–H groups in total. The van der Waals surface area contributed by atoms with Crippen molar-refractivity contribution in [2.75, 3.05) is 19.4 Å². The summed E-state index contributed by atoms with van der Waals surface area (Å²) in [4.78, 5) is 18.2. The number of hydrogen-bond donors (Lipinski definition) is 1. The van der Waals surface area contributed by atoms with Crippen molar-refractivity contribution < 1.29 is 4.79 Å². The lowest BCUT2D eigenvalue weighted by atomic mass is 9.91. The summed E-state index contributed by atoms with van der Waals surface area (Å²) in [6.07, 6.45) is 5.16. The summed E-state index contributed by atoms with van der Waals surface area (Å²) in [5, 5.41) is 2.95. The molecule has 0 spiro atoms. The average molecular weight is 219 g/mol. The van der Waals surface area contributed by atoms with E-state index in [0.717, 1.165) is 12.8 Å². The summed E-state index contributed by atoms with van der Waals surface area (Å²) in [5.41, 5.74) is 0.652. The minimum atomic E-state index is 0.0575. The SMILES string of the molecule is CNc1ncccc1C(=O)N(C)C1CCC1. The first kappa shape index (κ1) is 10.9. The minimum Gasteiger partial charge on any atom is -0.372 e. The van der Waals surface area contributed by atoms with E-state index in [1.807, 2.05) is 18.0 Å². The predicted octanol–water partition coefficient (Wildman–Crippen LogP) is 1.75. The van der Waals surface area contributed by atoms with E-state index in [9.17, 15) is 4.79 Å². The number of nitrogens with one attached hydrogen (secondary N) is 1. The molecule has 1 aliphatic carbocycles. The molecule has 2 rings (SSSR count). The van der Waals surface area contributed by atoms with Crippen molar-refractivity contribution in [3.05, 3.63) is 23.9 Å². The first-order valence-electron chi connectivity index (χ1n) is 5.64. The van der Waals surface area contributed by atoms with E-state index in [-0.39, 0.29) is 5.91 Å². The summed E-state index contributed by atoms with van der Waals surface area (Å²) in [5.74, 6) is 0.709. The van der Waals surface area contributed by atoms with Crippen LogP contribution >= 0.6 is 0 Å². The number of anilines is 1. The molecule has 1 saturated carbocycles. The van der Waals surface area contributed by atoms with Gasteiger partial charge in [0.2, 0.25) is 0 Å². The molecule has 1 aromatic heterocycles. The molecule has 0 aliphatic heterocycles. The van der Waals surface area contributed by atoms with Crippen molar-refractivity contribution in [3.8, 4) is 0 Å². The molecule has 0 saturated heterocycles. The van der Waals surface area contributed by atoms with Crippen LogP contribution in [0, 0.1) is 0 Å². The van der Waals surface area contributed by atoms with Crippen LogP contribution in [0.1, 0.15) is 29.6 Å². The Hall–Kier alpha value is -1.58. The Morgan fingerprint density at radius 2 is 2.31 bits per heavy atom. The Labute approximate surface area is 95.7 Å². The number of carbonyl (C=O) groups excluding carboxylic acids is 1. The molecule has 1 aromatic rings. The maximum absolute atomic E-state index is 12.2. The van der Waals surface area contributed by atoms with Crippen LogP contribution in [-0.4, -0.2) is 35.9 Å². The molecule has 86 valence electrons. The predicted molar refractivity (Wildman–Crippen MR) is 63.5 cm³/mol. The molecule has 1 aliphatic rings. The largest absolute Gasteiger partial charge is 0.372 e. The number of aromatic nitrogens is 1. The Kier molecular flexibility index (Phi) is 3.08. The quantitative estimate of drug-likeness (QED) is 0.842. The summed E-state index contributed by atoms with van der Waals surface area (Å²) >= 11 is 0. The van der Waals surface area contributed by atoms with Crippen LogP contribution in [-0.2, 0) is 0 Å². The fourth-order valence-corrected chi connectivity index (χ4v) is 1.91. The molecule has 16 heavy (non-hydrogen) atoms. The summed E-state index contributed by atoms with van der Waals surface area (Å²) < 4.78 is 0. The lowest BCUT2D eigenvalue weighted by molar-refractivity contribution is 0.0652. The molecular weight excluding hydrogens is 202 g/mol. The number of pyridine rings is 1. The topological polar surface area (TPSA) is 45.2 Å². The monoisotopic (exact) mass is 219 g/mol. The molecule has 1 amide bonds. The van der Waals surface area contributed by atoms with Gasteiger partial charge in [-0.05, 0) is 31.4 Å². The van der Waals surface area contributed by atoms with Gasteiger partial charge in [-0.2, -0.15) is 0 Å². The second kappa shape index (κ2) is 4.51. The fourth-order valence-electron chi connectivity index (χ4n) is 1.91. The number of nitrogens with zero attached hydrogens (tertiary/aromatic N) is 2. The molecule has 1 heterocycles. The molecular formula is C12H17N3O. The van der Waals surface area contributed by atoms with Crippen molar-refractivity contribution in [3.63, 3.8) is 0 Å². The molecule has 1 fully saturated rings. The van der Waals surface area contributed by atoms with Crippen LogP contribution in [0.4, 0.5) is 5.82 Å². The first-order valence-corrected chi connectivity index (χ1v) is 5.64. The van der Waals surface area contributed by atoms with Gasteiger partial charge in [0.25, 0.3) is 5.91 Å². The third-order valence-electron chi connectivity index (χ3n) is 3.22. The van der Waals surface area contributed by atoms with E-state index >= 15 is 0 Å². The number of rotatable bonds is 3. The van der Waals surface area contributed by atoms with Gasteiger partial charge in [-0.3, -0.25) is 4.79 Å². The van der Waals surface area contributed by atoms with Gasteiger partial charge in [-0.1, -0.05) is 0 Å². The lowest BCUT2D eigenvalue weighted by Gasteiger charge is -2.34. The molecule has 0 unspecified atom stereocenters. The smallest absolute Gasteiger partial charge is 0.257 e. The van der Waals surface area contributed by atoms with Gasteiger partial charge in [-0.15, -0.1) is 0 Å². The zero-order valence-electron chi connectivity index (χ0n) is 9.73. The normalized spacial score (nSPS) is 15.4. The molecule has 0 bridgehead atoms. The van der Waals surface area contributed by atoms with Gasteiger partial charge in [-0.25, -0.2) is 4.98 Å². The highest BCUT2D eigenvalue weighted by molar-refractivity contribution is 5.98. The fraction of sp³-hybridized carbons (Fsp3) is 0.500. The maximum Gasteiger partial charge on any atom is 0.257 e. The van der Waals surface area contributed by atoms with Crippen molar-refractivity contribution in [1.82, 2.24) is 9.88 Å². The highest BCUT2D eigenvalue weighted by atomic mass is 16.2. The second-order valence-electron chi connectivity index (χ2n) is 4.15. The zero-order chi connectivity index (χ0) is 11.5. The van der Waals surface area contributed by atoms with E-state index in [2.05, 4.69) is 10.3 Å². The van der Waals surface area contributed by atoms with E-state index < -0.39 is 0 Å². The van der Waals surface area contributed by atoms with Crippen LogP contribution in [0.5, 0.6) is 0 Å². The van der Waals surface area contributed by atoms with Gasteiger partial charge >= 0.3 is 0 Å². The number of carbonyl (C=O) groups is 1. The standard InChI is InChI=1S/C12H17N3O/c1-13-11-10(7-4-8-14-11)12(16)15(2)9-5-3-6-9/h4,7-9H,3,5-6H2,1-2H3,(H,13,14). The van der Waals surface area contributed by atoms with E-state index in [0.29, 0.717) is 17.4 Å². The van der Waals surface area contributed by atoms with Crippen LogP contribution in [0.15, 0.2) is 18.3 Å². The van der Waals surface area contributed by atoms with Crippen LogP contribution in [0.3, 0.4) is 0 Å². The molecule has 4 nitrogen and oxygen atoms in total. The molecule has 0 atom stereocenters. The van der Waals surface area contributed by atoms with Gasteiger partial charge in [0.05, 0.1) is 5.56 Å². The van der Waals surface area contributed by atoms with Crippen LogP contribution < -0.4 is 5.32 Å². The van der Waals surface area contributed by atoms with Gasteiger partial charge < -0.3 is 10.2 Å². The van der Waals surface area contributed by atoms with Crippen LogP contribution in [0.25, 0.3) is 0 Å². The van der Waals surface area contributed by atoms with Crippen LogP contribution in [0.2, 0.25) is 0 Å². The Bertz CT molecular complexity index is 388. The van der Waals surface area contributed by atoms with Crippen molar-refractivity contribution in [2.45, 2.75) is 25.3 Å². The van der Waals surface area contributed by atoms with Crippen molar-refractivity contribution >= 4 is 11.7 Å². The minimum absolute atomic E-state index is 0.0575. The zero-order valence-corrected chi connectivity index (χ0v) is 9.73. The Morgan fingerprint density at radius 3 is 2.88 bits per heavy atom. The van der Waals surface area contributed by atoms with Gasteiger partial charge in [0.15, 0.2) is 0 Å². The number of hydrogen-bond acceptors (Lipinski definition) is 3. The summed E-state index contributed by atoms with van der Waals surface area (Å²) in [6, 6.07) is 4.02. The summed E-state index contributed by atoms with van der Waals surface area (Å²) in [7, 11) is 3.65. The van der Waals surface area contributed by atoms with Gasteiger partial charge in [0.1, 0.15) is 5.82 Å². The molecule has 4 heteroatoms. The van der Waals surface area contributed by atoms with Crippen molar-refractivity contribution in [2.24, 2.45) is 0 Å². The average Bonchev–Trinajstić information content (AvgIpc) is 2.25. The highest BCUT2D eigenvalue weighted by Gasteiger charge is 2.27. The van der Waals surface area contributed by atoms with E-state index in [1.165, 1.54) is 6.42 Å². The molecule has 0 radical (unpaired) electrons. The van der Waals surface area contributed by atoms with Gasteiger partial charge in [0, 0.05) is 26.3 Å². The van der Waals surface area contributed by atoms with Crippen molar-refractivity contribution in [1.29, 1.82) is 0 Å². The Morgan fingerprint density at radius 1 is 1.56 bits per heavy atom. The Balaban J connectivity index is 2.19. The lowest BCUT2D eigenvalue weighted by Crippen LogP contribution is -2.41.